The monoisotopic (exact) mass is 380 g/mol. The van der Waals surface area contributed by atoms with Gasteiger partial charge in [0.05, 0.1) is 17.1 Å². The molecular formula is C22H24N2O2S. The van der Waals surface area contributed by atoms with Gasteiger partial charge < -0.3 is 0 Å². The van der Waals surface area contributed by atoms with Gasteiger partial charge in [-0.3, -0.25) is 4.98 Å². The number of pyridine rings is 1. The van der Waals surface area contributed by atoms with Gasteiger partial charge in [0.2, 0.25) is 10.0 Å². The second-order valence-electron chi connectivity index (χ2n) is 6.64. The molecule has 3 rings (SSSR count). The maximum atomic E-state index is 13.3. The molecule has 0 saturated heterocycles. The molecule has 0 atom stereocenters. The zero-order chi connectivity index (χ0) is 19.3. The van der Waals surface area contributed by atoms with E-state index in [-0.39, 0.29) is 6.54 Å². The van der Waals surface area contributed by atoms with Crippen molar-refractivity contribution in [2.24, 2.45) is 0 Å². The van der Waals surface area contributed by atoms with Crippen LogP contribution in [0.1, 0.15) is 22.4 Å². The summed E-state index contributed by atoms with van der Waals surface area (Å²) in [5.41, 5.74) is 3.89. The first-order chi connectivity index (χ1) is 13.0. The van der Waals surface area contributed by atoms with Gasteiger partial charge in [-0.2, -0.15) is 4.31 Å². The van der Waals surface area contributed by atoms with Crippen LogP contribution in [0.2, 0.25) is 0 Å². The van der Waals surface area contributed by atoms with Crippen molar-refractivity contribution >= 4 is 10.0 Å². The topological polar surface area (TPSA) is 50.3 Å². The number of nitrogens with zero attached hydrogens (tertiary/aromatic N) is 2. The highest BCUT2D eigenvalue weighted by Gasteiger charge is 2.25. The van der Waals surface area contributed by atoms with Crippen LogP contribution in [0.15, 0.2) is 77.8 Å². The fraction of sp³-hybridized carbons (Fsp3) is 0.227. The minimum Gasteiger partial charge on any atom is -0.260 e. The van der Waals surface area contributed by atoms with Crippen molar-refractivity contribution in [3.8, 4) is 0 Å². The van der Waals surface area contributed by atoms with Gasteiger partial charge in [-0.25, -0.2) is 8.42 Å². The first-order valence-electron chi connectivity index (χ1n) is 8.98. The number of benzene rings is 2. The fourth-order valence-corrected chi connectivity index (χ4v) is 4.38. The predicted octanol–water partition coefficient (Wildman–Crippen LogP) is 4.13. The largest absolute Gasteiger partial charge is 0.260 e. The summed E-state index contributed by atoms with van der Waals surface area (Å²) in [4.78, 5) is 4.63. The maximum absolute atomic E-state index is 13.3. The first-order valence-corrected chi connectivity index (χ1v) is 10.4. The average Bonchev–Trinajstić information content (AvgIpc) is 2.68. The van der Waals surface area contributed by atoms with E-state index in [1.54, 1.807) is 18.3 Å². The summed E-state index contributed by atoms with van der Waals surface area (Å²) in [6, 6.07) is 20.8. The molecule has 4 nitrogen and oxygen atoms in total. The van der Waals surface area contributed by atoms with Crippen LogP contribution in [0.5, 0.6) is 0 Å². The van der Waals surface area contributed by atoms with Crippen LogP contribution < -0.4 is 0 Å². The van der Waals surface area contributed by atoms with Crippen LogP contribution in [0, 0.1) is 13.8 Å². The summed E-state index contributed by atoms with van der Waals surface area (Å²) in [5.74, 6) is 0. The summed E-state index contributed by atoms with van der Waals surface area (Å²) in [5, 5.41) is 0. The molecule has 0 radical (unpaired) electrons. The number of sulfonamides is 1. The molecule has 0 saturated carbocycles. The molecule has 0 amide bonds. The Morgan fingerprint density at radius 2 is 1.63 bits per heavy atom. The molecule has 0 spiro atoms. The number of aromatic nitrogens is 1. The Kier molecular flexibility index (Phi) is 6.04. The lowest BCUT2D eigenvalue weighted by atomic mass is 10.1. The number of hydrogen-bond donors (Lipinski definition) is 0. The third-order valence-corrected chi connectivity index (χ3v) is 6.51. The Bertz CT molecular complexity index is 987. The van der Waals surface area contributed by atoms with Crippen molar-refractivity contribution in [3.05, 3.63) is 95.3 Å². The van der Waals surface area contributed by atoms with E-state index in [2.05, 4.69) is 4.98 Å². The van der Waals surface area contributed by atoms with Crippen LogP contribution >= 0.6 is 0 Å². The Labute approximate surface area is 161 Å². The molecule has 1 heterocycles. The van der Waals surface area contributed by atoms with Crippen molar-refractivity contribution in [1.82, 2.24) is 9.29 Å². The van der Waals surface area contributed by atoms with Crippen molar-refractivity contribution in [2.45, 2.75) is 31.7 Å². The van der Waals surface area contributed by atoms with E-state index >= 15 is 0 Å². The van der Waals surface area contributed by atoms with E-state index in [9.17, 15) is 8.42 Å². The van der Waals surface area contributed by atoms with Gasteiger partial charge >= 0.3 is 0 Å². The molecule has 140 valence electrons. The number of hydrogen-bond acceptors (Lipinski definition) is 3. The van der Waals surface area contributed by atoms with E-state index < -0.39 is 10.0 Å². The lowest BCUT2D eigenvalue weighted by Gasteiger charge is -2.22. The van der Waals surface area contributed by atoms with Gasteiger partial charge in [-0.1, -0.05) is 42.5 Å². The highest BCUT2D eigenvalue weighted by atomic mass is 32.2. The summed E-state index contributed by atoms with van der Waals surface area (Å²) in [6.45, 7) is 4.56. The molecule has 27 heavy (non-hydrogen) atoms. The van der Waals surface area contributed by atoms with Crippen LogP contribution in [0.25, 0.3) is 0 Å². The maximum Gasteiger partial charge on any atom is 0.243 e. The van der Waals surface area contributed by atoms with Crippen molar-refractivity contribution in [3.63, 3.8) is 0 Å². The van der Waals surface area contributed by atoms with Gasteiger partial charge in [0.25, 0.3) is 0 Å². The van der Waals surface area contributed by atoms with Crippen LogP contribution in [-0.2, 0) is 23.0 Å². The summed E-state index contributed by atoms with van der Waals surface area (Å²) < 4.78 is 28.2. The molecule has 1 aromatic heterocycles. The van der Waals surface area contributed by atoms with Crippen molar-refractivity contribution < 1.29 is 8.42 Å². The molecule has 0 bridgehead atoms. The minimum absolute atomic E-state index is 0.253. The summed E-state index contributed by atoms with van der Waals surface area (Å²) in [6.07, 6.45) is 2.34. The molecule has 3 aromatic rings. The predicted molar refractivity (Wildman–Crippen MR) is 108 cm³/mol. The quantitative estimate of drug-likeness (QED) is 0.619. The van der Waals surface area contributed by atoms with E-state index in [0.29, 0.717) is 17.9 Å². The molecule has 0 unspecified atom stereocenters. The SMILES string of the molecule is Cc1ccc(S(=O)(=O)N(CCc2ccccc2)Cc2ccccn2)cc1C. The van der Waals surface area contributed by atoms with Crippen LogP contribution in [0.4, 0.5) is 0 Å². The smallest absolute Gasteiger partial charge is 0.243 e. The Morgan fingerprint density at radius 1 is 0.889 bits per heavy atom. The molecule has 0 fully saturated rings. The summed E-state index contributed by atoms with van der Waals surface area (Å²) >= 11 is 0. The van der Waals surface area contributed by atoms with Crippen LogP contribution in [-0.4, -0.2) is 24.3 Å². The highest BCUT2D eigenvalue weighted by Crippen LogP contribution is 2.21. The fourth-order valence-electron chi connectivity index (χ4n) is 2.88. The normalized spacial score (nSPS) is 11.7. The number of aryl methyl sites for hydroxylation is 2. The van der Waals surface area contributed by atoms with Gasteiger partial charge in [0.1, 0.15) is 0 Å². The molecule has 0 aliphatic heterocycles. The van der Waals surface area contributed by atoms with E-state index in [0.717, 1.165) is 22.4 Å². The minimum atomic E-state index is -3.62. The average molecular weight is 381 g/mol. The lowest BCUT2D eigenvalue weighted by molar-refractivity contribution is 0.405. The standard InChI is InChI=1S/C22H24N2O2S/c1-18-11-12-22(16-19(18)2)27(25,26)24(17-21-10-6-7-14-23-21)15-13-20-8-4-3-5-9-20/h3-12,14,16H,13,15,17H2,1-2H3. The Hall–Kier alpha value is -2.50. The second-order valence-corrected chi connectivity index (χ2v) is 8.58. The van der Waals surface area contributed by atoms with Crippen molar-refractivity contribution in [2.75, 3.05) is 6.54 Å². The lowest BCUT2D eigenvalue weighted by Crippen LogP contribution is -2.33. The zero-order valence-electron chi connectivity index (χ0n) is 15.7. The van der Waals surface area contributed by atoms with Crippen molar-refractivity contribution in [1.29, 1.82) is 0 Å². The van der Waals surface area contributed by atoms with E-state index in [1.807, 2.05) is 68.4 Å². The molecule has 2 aromatic carbocycles. The first kappa shape index (κ1) is 19.3. The molecule has 0 N–H and O–H groups in total. The van der Waals surface area contributed by atoms with E-state index in [1.165, 1.54) is 4.31 Å². The second kappa shape index (κ2) is 8.46. The van der Waals surface area contributed by atoms with Gasteiger partial charge in [0.15, 0.2) is 0 Å². The highest BCUT2D eigenvalue weighted by molar-refractivity contribution is 7.89. The molecule has 0 aliphatic rings. The van der Waals surface area contributed by atoms with Gasteiger partial charge in [-0.15, -0.1) is 0 Å². The summed E-state index contributed by atoms with van der Waals surface area (Å²) in [7, 11) is -3.62. The number of rotatable bonds is 7. The van der Waals surface area contributed by atoms with Gasteiger partial charge in [0, 0.05) is 12.7 Å². The zero-order valence-corrected chi connectivity index (χ0v) is 16.5. The van der Waals surface area contributed by atoms with Crippen LogP contribution in [0.3, 0.4) is 0 Å². The molecular weight excluding hydrogens is 356 g/mol. The van der Waals surface area contributed by atoms with E-state index in [4.69, 9.17) is 0 Å². The molecule has 5 heteroatoms. The van der Waals surface area contributed by atoms with Gasteiger partial charge in [-0.05, 0) is 61.2 Å². The molecule has 0 aliphatic carbocycles. The Morgan fingerprint density at radius 3 is 2.30 bits per heavy atom. The third-order valence-electron chi connectivity index (χ3n) is 4.67. The third kappa shape index (κ3) is 4.81. The Balaban J connectivity index is 1.90.